The fourth-order valence-electron chi connectivity index (χ4n) is 3.72. The van der Waals surface area contributed by atoms with Gasteiger partial charge in [-0.1, -0.05) is 19.9 Å². The minimum absolute atomic E-state index is 0.0266. The summed E-state index contributed by atoms with van der Waals surface area (Å²) in [6, 6.07) is 6.81. The van der Waals surface area contributed by atoms with Gasteiger partial charge in [0.1, 0.15) is 5.75 Å². The molecule has 2 aliphatic heterocycles. The number of nitrogens with zero attached hydrogens (tertiary/aromatic N) is 2. The first-order chi connectivity index (χ1) is 11.8. The van der Waals surface area contributed by atoms with E-state index in [0.717, 1.165) is 13.0 Å². The summed E-state index contributed by atoms with van der Waals surface area (Å²) in [5, 5.41) is 0. The lowest BCUT2D eigenvalue weighted by Crippen LogP contribution is -2.62. The maximum atomic E-state index is 12.9. The third-order valence-corrected chi connectivity index (χ3v) is 6.73. The molecule has 0 radical (unpaired) electrons. The van der Waals surface area contributed by atoms with Crippen LogP contribution < -0.4 is 9.64 Å². The van der Waals surface area contributed by atoms with Gasteiger partial charge in [0.2, 0.25) is 5.91 Å². The summed E-state index contributed by atoms with van der Waals surface area (Å²) in [6.45, 7) is 5.29. The number of fused-ring (bicyclic) bond motifs is 1. The van der Waals surface area contributed by atoms with E-state index in [9.17, 15) is 13.2 Å². The number of piperazine rings is 1. The van der Waals surface area contributed by atoms with E-state index in [4.69, 9.17) is 4.74 Å². The molecule has 7 heteroatoms. The van der Waals surface area contributed by atoms with Gasteiger partial charge >= 0.3 is 0 Å². The first kappa shape index (κ1) is 18.2. The van der Waals surface area contributed by atoms with Crippen LogP contribution in [0.5, 0.6) is 5.75 Å². The van der Waals surface area contributed by atoms with E-state index >= 15 is 0 Å². The molecule has 6 nitrogen and oxygen atoms in total. The Balaban J connectivity index is 1.92. The molecule has 3 rings (SSSR count). The molecule has 1 amide bonds. The molecule has 0 saturated carbocycles. The van der Waals surface area contributed by atoms with Gasteiger partial charge in [-0.25, -0.2) is 8.42 Å². The summed E-state index contributed by atoms with van der Waals surface area (Å²) < 4.78 is 29.8. The SMILES string of the molecule is COc1cccc(N2C(=O)CN(CCC(C)C)[C@H]3CS(=O)(=O)C[C@H]32)c1. The quantitative estimate of drug-likeness (QED) is 0.791. The third-order valence-electron chi connectivity index (χ3n) is 5.03. The van der Waals surface area contributed by atoms with Crippen molar-refractivity contribution >= 4 is 21.4 Å². The molecule has 0 bridgehead atoms. The van der Waals surface area contributed by atoms with Crippen molar-refractivity contribution in [3.05, 3.63) is 24.3 Å². The summed E-state index contributed by atoms with van der Waals surface area (Å²) in [7, 11) is -1.57. The van der Waals surface area contributed by atoms with Gasteiger partial charge in [-0.15, -0.1) is 0 Å². The predicted molar refractivity (Wildman–Crippen MR) is 97.7 cm³/mol. The second-order valence-electron chi connectivity index (χ2n) is 7.33. The minimum atomic E-state index is -3.15. The number of methoxy groups -OCH3 is 1. The maximum Gasteiger partial charge on any atom is 0.241 e. The molecule has 138 valence electrons. The number of anilines is 1. The topological polar surface area (TPSA) is 66.9 Å². The molecule has 1 aromatic carbocycles. The van der Waals surface area contributed by atoms with Crippen LogP contribution in [0.2, 0.25) is 0 Å². The molecule has 2 heterocycles. The van der Waals surface area contributed by atoms with Crippen molar-refractivity contribution in [2.45, 2.75) is 32.4 Å². The molecular weight excluding hydrogens is 340 g/mol. The van der Waals surface area contributed by atoms with Gasteiger partial charge in [0.25, 0.3) is 0 Å². The number of hydrogen-bond donors (Lipinski definition) is 0. The molecule has 2 fully saturated rings. The van der Waals surface area contributed by atoms with Crippen LogP contribution in [0.4, 0.5) is 5.69 Å². The number of carbonyl (C=O) groups excluding carboxylic acids is 1. The molecule has 1 aromatic rings. The van der Waals surface area contributed by atoms with Crippen LogP contribution in [0.1, 0.15) is 20.3 Å². The molecule has 2 saturated heterocycles. The van der Waals surface area contributed by atoms with Crippen LogP contribution in [0.25, 0.3) is 0 Å². The van der Waals surface area contributed by atoms with E-state index in [2.05, 4.69) is 18.7 Å². The summed E-state index contributed by atoms with van der Waals surface area (Å²) in [5.74, 6) is 1.28. The second-order valence-corrected chi connectivity index (χ2v) is 9.48. The number of rotatable bonds is 5. The number of amides is 1. The molecular formula is C18H26N2O4S. The molecule has 0 aromatic heterocycles. The lowest BCUT2D eigenvalue weighted by Gasteiger charge is -2.43. The van der Waals surface area contributed by atoms with Gasteiger partial charge in [-0.05, 0) is 31.0 Å². The van der Waals surface area contributed by atoms with Gasteiger partial charge < -0.3 is 9.64 Å². The van der Waals surface area contributed by atoms with Crippen LogP contribution in [0.15, 0.2) is 24.3 Å². The first-order valence-electron chi connectivity index (χ1n) is 8.71. The summed E-state index contributed by atoms with van der Waals surface area (Å²) in [6.07, 6.45) is 0.954. The van der Waals surface area contributed by atoms with E-state index in [-0.39, 0.29) is 36.0 Å². The van der Waals surface area contributed by atoms with Crippen LogP contribution >= 0.6 is 0 Å². The number of sulfone groups is 1. The normalized spacial score (nSPS) is 26.1. The van der Waals surface area contributed by atoms with Crippen molar-refractivity contribution in [3.63, 3.8) is 0 Å². The molecule has 2 atom stereocenters. The van der Waals surface area contributed by atoms with E-state index in [1.54, 1.807) is 18.1 Å². The predicted octanol–water partition coefficient (Wildman–Crippen LogP) is 1.56. The molecule has 0 unspecified atom stereocenters. The van der Waals surface area contributed by atoms with E-state index < -0.39 is 9.84 Å². The van der Waals surface area contributed by atoms with Crippen LogP contribution in [-0.2, 0) is 14.6 Å². The summed E-state index contributed by atoms with van der Waals surface area (Å²) in [4.78, 5) is 16.6. The van der Waals surface area contributed by atoms with E-state index in [0.29, 0.717) is 17.4 Å². The average Bonchev–Trinajstić information content (AvgIpc) is 2.87. The summed E-state index contributed by atoms with van der Waals surface area (Å²) >= 11 is 0. The molecule has 0 N–H and O–H groups in total. The monoisotopic (exact) mass is 366 g/mol. The lowest BCUT2D eigenvalue weighted by atomic mass is 10.0. The van der Waals surface area contributed by atoms with Gasteiger partial charge in [0.15, 0.2) is 9.84 Å². The largest absolute Gasteiger partial charge is 0.497 e. The smallest absolute Gasteiger partial charge is 0.241 e. The van der Waals surface area contributed by atoms with Gasteiger partial charge in [-0.2, -0.15) is 0 Å². The van der Waals surface area contributed by atoms with Crippen LogP contribution in [-0.4, -0.2) is 63.0 Å². The average molecular weight is 366 g/mol. The zero-order chi connectivity index (χ0) is 18.2. The zero-order valence-electron chi connectivity index (χ0n) is 15.0. The van der Waals surface area contributed by atoms with Gasteiger partial charge in [-0.3, -0.25) is 9.69 Å². The lowest BCUT2D eigenvalue weighted by molar-refractivity contribution is -0.123. The molecule has 2 aliphatic rings. The highest BCUT2D eigenvalue weighted by Gasteiger charge is 2.49. The Bertz CT molecular complexity index is 747. The van der Waals surface area contributed by atoms with Gasteiger partial charge in [0, 0.05) is 17.8 Å². The number of ether oxygens (including phenoxy) is 1. The van der Waals surface area contributed by atoms with Gasteiger partial charge in [0.05, 0.1) is 31.2 Å². The Morgan fingerprint density at radius 2 is 1.96 bits per heavy atom. The van der Waals surface area contributed by atoms with Crippen molar-refractivity contribution in [2.24, 2.45) is 5.92 Å². The van der Waals surface area contributed by atoms with Crippen molar-refractivity contribution in [2.75, 3.05) is 36.6 Å². The standard InChI is InChI=1S/C18H26N2O4S/c1-13(2)7-8-19-10-18(21)20(14-5-4-6-15(9-14)24-3)17-12-25(22,23)11-16(17)19/h4-6,9,13,16-17H,7-8,10-12H2,1-3H3/t16-,17+/m0/s1. The highest BCUT2D eigenvalue weighted by molar-refractivity contribution is 7.91. The second kappa shape index (κ2) is 6.96. The van der Waals surface area contributed by atoms with E-state index in [1.807, 2.05) is 18.2 Å². The fourth-order valence-corrected chi connectivity index (χ4v) is 5.70. The van der Waals surface area contributed by atoms with Crippen molar-refractivity contribution in [1.82, 2.24) is 4.90 Å². The summed E-state index contributed by atoms with van der Waals surface area (Å²) in [5.41, 5.74) is 0.708. The third kappa shape index (κ3) is 3.82. The van der Waals surface area contributed by atoms with Crippen LogP contribution in [0, 0.1) is 5.92 Å². The maximum absolute atomic E-state index is 12.9. The van der Waals surface area contributed by atoms with Crippen molar-refractivity contribution in [3.8, 4) is 5.75 Å². The molecule has 0 spiro atoms. The zero-order valence-corrected chi connectivity index (χ0v) is 15.8. The fraction of sp³-hybridized carbons (Fsp3) is 0.611. The minimum Gasteiger partial charge on any atom is -0.497 e. The first-order valence-corrected chi connectivity index (χ1v) is 10.5. The Morgan fingerprint density at radius 1 is 1.24 bits per heavy atom. The van der Waals surface area contributed by atoms with Crippen molar-refractivity contribution < 1.29 is 17.9 Å². The van der Waals surface area contributed by atoms with Crippen molar-refractivity contribution in [1.29, 1.82) is 0 Å². The molecule has 25 heavy (non-hydrogen) atoms. The Labute approximate surface area is 149 Å². The molecule has 0 aliphatic carbocycles. The van der Waals surface area contributed by atoms with E-state index in [1.165, 1.54) is 0 Å². The number of benzene rings is 1. The Hall–Kier alpha value is -1.60. The Morgan fingerprint density at radius 3 is 2.64 bits per heavy atom. The Kier molecular flexibility index (Phi) is 5.06. The number of carbonyl (C=O) groups is 1. The number of hydrogen-bond acceptors (Lipinski definition) is 5. The van der Waals surface area contributed by atoms with Crippen LogP contribution in [0.3, 0.4) is 0 Å². The highest BCUT2D eigenvalue weighted by atomic mass is 32.2. The highest BCUT2D eigenvalue weighted by Crippen LogP contribution is 2.33.